The third-order valence-electron chi connectivity index (χ3n) is 1.06. The largest absolute Gasteiger partial charge is 0.309 e. The average Bonchev–Trinajstić information content (AvgIpc) is 1.72. The normalized spacial score (nSPS) is 10.5. The Morgan fingerprint density at radius 3 is 3.00 bits per heavy atom. The molecule has 0 saturated carbocycles. The SMILES string of the molecule is c1cc2[nH]sc2cn1. The molecule has 1 N–H and O–H groups in total. The minimum absolute atomic E-state index is 1.20. The van der Waals surface area contributed by atoms with Crippen molar-refractivity contribution >= 4 is 21.7 Å². The minimum atomic E-state index is 1.20. The summed E-state index contributed by atoms with van der Waals surface area (Å²) in [4.78, 5) is 3.94. The molecule has 0 fully saturated rings. The molecule has 0 spiro atoms. The third kappa shape index (κ3) is 0.391. The van der Waals surface area contributed by atoms with Crippen molar-refractivity contribution in [1.82, 2.24) is 9.36 Å². The lowest BCUT2D eigenvalue weighted by Gasteiger charge is -1.95. The number of fused-ring (bicyclic) bond motifs is 1. The first-order chi connectivity index (χ1) is 3.97. The Hall–Kier alpha value is -0.830. The number of hydrogen-bond acceptors (Lipinski definition) is 2. The van der Waals surface area contributed by atoms with E-state index in [0.29, 0.717) is 0 Å². The quantitative estimate of drug-likeness (QED) is 0.568. The van der Waals surface area contributed by atoms with Crippen molar-refractivity contribution in [2.45, 2.75) is 0 Å². The summed E-state index contributed by atoms with van der Waals surface area (Å²) >= 11 is 1.62. The van der Waals surface area contributed by atoms with Crippen molar-refractivity contribution in [3.63, 3.8) is 0 Å². The molecule has 0 saturated heterocycles. The van der Waals surface area contributed by atoms with Crippen molar-refractivity contribution < 1.29 is 0 Å². The molecule has 0 bridgehead atoms. The lowest BCUT2D eigenvalue weighted by atomic mass is 10.5. The number of H-pyrrole nitrogens is 1. The van der Waals surface area contributed by atoms with Crippen molar-refractivity contribution in [3.05, 3.63) is 18.5 Å². The molecular weight excluding hydrogens is 120 g/mol. The van der Waals surface area contributed by atoms with Crippen LogP contribution in [0.1, 0.15) is 0 Å². The molecule has 0 aromatic carbocycles. The smallest absolute Gasteiger partial charge is 0.0866 e. The van der Waals surface area contributed by atoms with Gasteiger partial charge >= 0.3 is 0 Å². The molecule has 40 valence electrons. The van der Waals surface area contributed by atoms with Gasteiger partial charge in [-0.2, -0.15) is 0 Å². The van der Waals surface area contributed by atoms with Gasteiger partial charge in [0.2, 0.25) is 0 Å². The van der Waals surface area contributed by atoms with E-state index in [2.05, 4.69) is 9.36 Å². The first-order valence-corrected chi connectivity index (χ1v) is 3.15. The summed E-state index contributed by atoms with van der Waals surface area (Å²) < 4.78 is 4.31. The fourth-order valence-corrected chi connectivity index (χ4v) is 1.20. The highest BCUT2D eigenvalue weighted by atomic mass is 32.1. The van der Waals surface area contributed by atoms with Crippen LogP contribution in [0.2, 0.25) is 0 Å². The lowest BCUT2D eigenvalue weighted by Crippen LogP contribution is -1.77. The molecule has 3 heteroatoms. The van der Waals surface area contributed by atoms with Gasteiger partial charge in [-0.1, -0.05) is 11.5 Å². The Kier molecular flexibility index (Phi) is 0.676. The van der Waals surface area contributed by atoms with Gasteiger partial charge in [0.15, 0.2) is 0 Å². The predicted molar refractivity (Wildman–Crippen MR) is 34.0 cm³/mol. The summed E-state index contributed by atoms with van der Waals surface area (Å²) in [5, 5.41) is 0. The van der Waals surface area contributed by atoms with Crippen LogP contribution in [-0.4, -0.2) is 9.36 Å². The van der Waals surface area contributed by atoms with E-state index in [0.717, 1.165) is 0 Å². The van der Waals surface area contributed by atoms with Crippen LogP contribution in [-0.2, 0) is 0 Å². The highest BCUT2D eigenvalue weighted by Crippen LogP contribution is 2.16. The molecule has 2 heterocycles. The van der Waals surface area contributed by atoms with Crippen LogP contribution in [0.15, 0.2) is 18.5 Å². The monoisotopic (exact) mass is 124 g/mol. The topological polar surface area (TPSA) is 28.7 Å². The first kappa shape index (κ1) is 4.09. The molecule has 0 unspecified atom stereocenters. The molecule has 0 amide bonds. The van der Waals surface area contributed by atoms with Crippen LogP contribution in [0.25, 0.3) is 10.2 Å². The average molecular weight is 124 g/mol. The van der Waals surface area contributed by atoms with Crippen molar-refractivity contribution in [2.24, 2.45) is 0 Å². The molecule has 8 heavy (non-hydrogen) atoms. The second-order valence-corrected chi connectivity index (χ2v) is 2.42. The lowest BCUT2D eigenvalue weighted by molar-refractivity contribution is 1.36. The molecule has 0 aliphatic carbocycles. The summed E-state index contributed by atoms with van der Waals surface area (Å²) in [7, 11) is 0. The van der Waals surface area contributed by atoms with Gasteiger partial charge in [-0.25, -0.2) is 0 Å². The van der Waals surface area contributed by atoms with E-state index in [1.54, 1.807) is 17.7 Å². The number of rotatable bonds is 0. The van der Waals surface area contributed by atoms with E-state index in [-0.39, 0.29) is 0 Å². The Labute approximate surface area is 50.3 Å². The fraction of sp³-hybridized carbons (Fsp3) is 0. The maximum Gasteiger partial charge on any atom is 0.0866 e. The zero-order valence-corrected chi connectivity index (χ0v) is 4.90. The van der Waals surface area contributed by atoms with Gasteiger partial charge in [0, 0.05) is 12.4 Å². The maximum atomic E-state index is 3.94. The Morgan fingerprint density at radius 2 is 2.62 bits per heavy atom. The summed E-state index contributed by atoms with van der Waals surface area (Å²) in [5.41, 5.74) is 1.20. The third-order valence-corrected chi connectivity index (χ3v) is 1.92. The van der Waals surface area contributed by atoms with Gasteiger partial charge in [0.1, 0.15) is 0 Å². The first-order valence-electron chi connectivity index (χ1n) is 2.34. The maximum absolute atomic E-state index is 3.94. The van der Waals surface area contributed by atoms with E-state index in [1.165, 1.54) is 10.2 Å². The molecule has 0 aliphatic rings. The van der Waals surface area contributed by atoms with Gasteiger partial charge in [-0.15, -0.1) is 0 Å². The van der Waals surface area contributed by atoms with E-state index >= 15 is 0 Å². The van der Waals surface area contributed by atoms with Crippen molar-refractivity contribution in [1.29, 1.82) is 0 Å². The molecule has 0 radical (unpaired) electrons. The standard InChI is InChI=1S/C5H4N2S/c1-2-6-3-5-4(1)7-8-5/h1-3,7H. The number of nitrogens with one attached hydrogen (secondary N) is 1. The summed E-state index contributed by atoms with van der Waals surface area (Å²) in [5.74, 6) is 0. The Balaban J connectivity index is 2.88. The van der Waals surface area contributed by atoms with E-state index in [1.807, 2.05) is 12.3 Å². The van der Waals surface area contributed by atoms with Crippen LogP contribution in [0, 0.1) is 0 Å². The van der Waals surface area contributed by atoms with Gasteiger partial charge in [-0.3, -0.25) is 4.98 Å². The highest BCUT2D eigenvalue weighted by molar-refractivity contribution is 7.15. The number of nitrogens with zero attached hydrogens (tertiary/aromatic N) is 1. The number of pyridine rings is 1. The van der Waals surface area contributed by atoms with Crippen molar-refractivity contribution in [3.8, 4) is 0 Å². The summed E-state index contributed by atoms with van der Waals surface area (Å²) in [6.07, 6.45) is 3.64. The van der Waals surface area contributed by atoms with Crippen LogP contribution in [0.4, 0.5) is 0 Å². The molecule has 2 aromatic rings. The molecule has 2 aromatic heterocycles. The molecular formula is C5H4N2S. The van der Waals surface area contributed by atoms with Crippen LogP contribution in [0.5, 0.6) is 0 Å². The fourth-order valence-electron chi connectivity index (χ4n) is 0.609. The molecule has 2 nitrogen and oxygen atoms in total. The highest BCUT2D eigenvalue weighted by Gasteiger charge is 1.92. The second-order valence-electron chi connectivity index (χ2n) is 1.58. The van der Waals surface area contributed by atoms with E-state index < -0.39 is 0 Å². The number of aromatic amines is 1. The van der Waals surface area contributed by atoms with Gasteiger partial charge in [-0.05, 0) is 6.07 Å². The summed E-state index contributed by atoms with van der Waals surface area (Å²) in [6.45, 7) is 0. The zero-order chi connectivity index (χ0) is 5.40. The second kappa shape index (κ2) is 1.32. The van der Waals surface area contributed by atoms with Crippen LogP contribution in [0.3, 0.4) is 0 Å². The van der Waals surface area contributed by atoms with Crippen molar-refractivity contribution in [2.75, 3.05) is 0 Å². The van der Waals surface area contributed by atoms with Gasteiger partial charge in [0.25, 0.3) is 0 Å². The predicted octanol–water partition coefficient (Wildman–Crippen LogP) is 1.62. The van der Waals surface area contributed by atoms with Crippen LogP contribution >= 0.6 is 11.5 Å². The Bertz CT molecular complexity index is 253. The van der Waals surface area contributed by atoms with E-state index in [9.17, 15) is 0 Å². The van der Waals surface area contributed by atoms with Gasteiger partial charge < -0.3 is 4.37 Å². The zero-order valence-electron chi connectivity index (χ0n) is 4.09. The van der Waals surface area contributed by atoms with Crippen LogP contribution < -0.4 is 0 Å². The van der Waals surface area contributed by atoms with E-state index in [4.69, 9.17) is 0 Å². The number of aromatic nitrogens is 2. The summed E-state index contributed by atoms with van der Waals surface area (Å²) in [6, 6.07) is 1.96. The minimum Gasteiger partial charge on any atom is -0.309 e. The van der Waals surface area contributed by atoms with Gasteiger partial charge in [0.05, 0.1) is 10.2 Å². The Morgan fingerprint density at radius 1 is 1.62 bits per heavy atom. The molecule has 2 rings (SSSR count). The molecule has 0 aliphatic heterocycles. The number of hydrogen-bond donors (Lipinski definition) is 1. The molecule has 0 atom stereocenters.